The lowest BCUT2D eigenvalue weighted by Crippen LogP contribution is -2.06. The summed E-state index contributed by atoms with van der Waals surface area (Å²) in [4.78, 5) is 20.5. The van der Waals surface area contributed by atoms with Crippen LogP contribution in [0.25, 0.3) is 0 Å². The number of ketones is 1. The van der Waals surface area contributed by atoms with Gasteiger partial charge in [0.05, 0.1) is 11.9 Å². The summed E-state index contributed by atoms with van der Waals surface area (Å²) in [5.74, 6) is 0.0150. The van der Waals surface area contributed by atoms with Crippen molar-refractivity contribution in [3.63, 3.8) is 0 Å². The first-order chi connectivity index (χ1) is 7.70. The Morgan fingerprint density at radius 2 is 2.19 bits per heavy atom. The minimum Gasteiger partial charge on any atom is -0.286 e. The minimum absolute atomic E-state index is 0.160. The number of hydrogen-bond acceptors (Lipinski definition) is 6. The van der Waals surface area contributed by atoms with Crippen molar-refractivity contribution >= 4 is 17.3 Å². The molecule has 82 valence electrons. The molecule has 5 nitrogen and oxygen atoms in total. The first kappa shape index (κ1) is 10.8. The zero-order valence-corrected chi connectivity index (χ0v) is 9.73. The van der Waals surface area contributed by atoms with E-state index in [9.17, 15) is 4.79 Å². The van der Waals surface area contributed by atoms with Gasteiger partial charge in [0.25, 0.3) is 0 Å². The molecule has 2 aromatic heterocycles. The normalized spacial score (nSPS) is 10.7. The number of carbonyl (C=O) groups excluding carboxylic acids is 1. The predicted octanol–water partition coefficient (Wildman–Crippen LogP) is 1.68. The quantitative estimate of drug-likeness (QED) is 0.756. The number of nitrogens with zero attached hydrogens (tertiary/aromatic N) is 4. The largest absolute Gasteiger partial charge is 0.286 e. The summed E-state index contributed by atoms with van der Waals surface area (Å²) in [6.45, 7) is 3.95. The zero-order valence-electron chi connectivity index (χ0n) is 8.91. The van der Waals surface area contributed by atoms with Crippen LogP contribution >= 0.6 is 11.5 Å². The Morgan fingerprint density at radius 1 is 1.38 bits per heavy atom. The highest BCUT2D eigenvalue weighted by atomic mass is 32.1. The van der Waals surface area contributed by atoms with E-state index in [-0.39, 0.29) is 11.7 Å². The van der Waals surface area contributed by atoms with Gasteiger partial charge in [0.2, 0.25) is 5.78 Å². The van der Waals surface area contributed by atoms with Crippen LogP contribution in [0, 0.1) is 0 Å². The number of aromatic nitrogens is 4. The topological polar surface area (TPSA) is 68.6 Å². The second kappa shape index (κ2) is 4.44. The van der Waals surface area contributed by atoms with Crippen molar-refractivity contribution in [1.82, 2.24) is 19.6 Å². The smallest absolute Gasteiger partial charge is 0.226 e. The molecule has 0 atom stereocenters. The molecule has 0 N–H and O–H groups in total. The van der Waals surface area contributed by atoms with Crippen LogP contribution in [0.4, 0.5) is 0 Å². The van der Waals surface area contributed by atoms with Gasteiger partial charge in [0.1, 0.15) is 10.6 Å². The molecule has 2 rings (SSSR count). The Labute approximate surface area is 96.7 Å². The fourth-order valence-corrected chi connectivity index (χ4v) is 2.03. The molecule has 0 unspecified atom stereocenters. The van der Waals surface area contributed by atoms with Crippen molar-refractivity contribution in [3.05, 3.63) is 34.9 Å². The lowest BCUT2D eigenvalue weighted by atomic mass is 10.1. The summed E-state index contributed by atoms with van der Waals surface area (Å²) < 4.78 is 3.81. The Balaban J connectivity index is 2.39. The highest BCUT2D eigenvalue weighted by Gasteiger charge is 2.20. The summed E-state index contributed by atoms with van der Waals surface area (Å²) in [6, 6.07) is 0. The molecular weight excluding hydrogens is 224 g/mol. The maximum Gasteiger partial charge on any atom is 0.226 e. The van der Waals surface area contributed by atoms with Gasteiger partial charge in [-0.15, -0.1) is 5.10 Å². The molecular formula is C10H10N4OS. The molecule has 0 saturated heterocycles. The van der Waals surface area contributed by atoms with Crippen molar-refractivity contribution in [3.8, 4) is 0 Å². The van der Waals surface area contributed by atoms with Crippen molar-refractivity contribution < 1.29 is 4.79 Å². The van der Waals surface area contributed by atoms with Crippen LogP contribution in [0.15, 0.2) is 18.6 Å². The van der Waals surface area contributed by atoms with Gasteiger partial charge in [-0.2, -0.15) is 0 Å². The Bertz CT molecular complexity index is 495. The second-order valence-corrected chi connectivity index (χ2v) is 4.32. The first-order valence-corrected chi connectivity index (χ1v) is 5.60. The van der Waals surface area contributed by atoms with Crippen LogP contribution in [0.1, 0.15) is 40.8 Å². The summed E-state index contributed by atoms with van der Waals surface area (Å²) in [5, 5.41) is 3.96. The standard InChI is InChI=1S/C10H10N4OS/c1-6(2)8-10(16-14-13-8)9(15)7-5-11-3-4-12-7/h3-6H,1-2H3. The maximum absolute atomic E-state index is 12.1. The molecule has 2 heterocycles. The third kappa shape index (κ3) is 1.96. The van der Waals surface area contributed by atoms with Gasteiger partial charge in [-0.3, -0.25) is 9.78 Å². The molecule has 6 heteroatoms. The third-order valence-electron chi connectivity index (χ3n) is 2.06. The van der Waals surface area contributed by atoms with Crippen LogP contribution in [0.5, 0.6) is 0 Å². The second-order valence-electron chi connectivity index (χ2n) is 3.56. The fraction of sp³-hybridized carbons (Fsp3) is 0.300. The highest BCUT2D eigenvalue weighted by Crippen LogP contribution is 2.21. The number of carbonyl (C=O) groups is 1. The van der Waals surface area contributed by atoms with E-state index in [1.807, 2.05) is 13.8 Å². The van der Waals surface area contributed by atoms with Gasteiger partial charge in [-0.05, 0) is 17.5 Å². The molecule has 16 heavy (non-hydrogen) atoms. The molecule has 0 fully saturated rings. The van der Waals surface area contributed by atoms with E-state index >= 15 is 0 Å². The minimum atomic E-state index is -0.160. The molecule has 0 aliphatic heterocycles. The van der Waals surface area contributed by atoms with Gasteiger partial charge in [0, 0.05) is 12.4 Å². The van der Waals surface area contributed by atoms with Crippen molar-refractivity contribution in [2.24, 2.45) is 0 Å². The van der Waals surface area contributed by atoms with Crippen LogP contribution in [-0.2, 0) is 0 Å². The summed E-state index contributed by atoms with van der Waals surface area (Å²) in [5.41, 5.74) is 1.05. The van der Waals surface area contributed by atoms with E-state index in [1.54, 1.807) is 0 Å². The molecule has 0 aromatic carbocycles. The van der Waals surface area contributed by atoms with Crippen molar-refractivity contribution in [2.75, 3.05) is 0 Å². The molecule has 0 saturated carbocycles. The number of hydrogen-bond donors (Lipinski definition) is 0. The van der Waals surface area contributed by atoms with E-state index in [0.717, 1.165) is 17.2 Å². The van der Waals surface area contributed by atoms with Crippen molar-refractivity contribution in [2.45, 2.75) is 19.8 Å². The van der Waals surface area contributed by atoms with Gasteiger partial charge in [-0.25, -0.2) is 4.98 Å². The van der Waals surface area contributed by atoms with E-state index in [0.29, 0.717) is 10.6 Å². The van der Waals surface area contributed by atoms with E-state index in [1.165, 1.54) is 18.6 Å². The lowest BCUT2D eigenvalue weighted by Gasteiger charge is -2.01. The summed E-state index contributed by atoms with van der Waals surface area (Å²) >= 11 is 1.10. The van der Waals surface area contributed by atoms with Crippen LogP contribution in [0.3, 0.4) is 0 Å². The van der Waals surface area contributed by atoms with Gasteiger partial charge < -0.3 is 0 Å². The third-order valence-corrected chi connectivity index (χ3v) is 2.80. The van der Waals surface area contributed by atoms with Crippen LogP contribution in [0.2, 0.25) is 0 Å². The monoisotopic (exact) mass is 234 g/mol. The molecule has 2 aromatic rings. The van der Waals surface area contributed by atoms with E-state index in [2.05, 4.69) is 19.6 Å². The summed E-state index contributed by atoms with van der Waals surface area (Å²) in [6.07, 6.45) is 4.48. The van der Waals surface area contributed by atoms with Crippen LogP contribution < -0.4 is 0 Å². The van der Waals surface area contributed by atoms with Crippen LogP contribution in [-0.4, -0.2) is 25.3 Å². The van der Waals surface area contributed by atoms with Crippen molar-refractivity contribution in [1.29, 1.82) is 0 Å². The Hall–Kier alpha value is -1.69. The molecule has 0 bridgehead atoms. The van der Waals surface area contributed by atoms with Gasteiger partial charge in [0.15, 0.2) is 0 Å². The highest BCUT2D eigenvalue weighted by molar-refractivity contribution is 7.08. The molecule has 0 radical (unpaired) electrons. The zero-order chi connectivity index (χ0) is 11.5. The van der Waals surface area contributed by atoms with Gasteiger partial charge in [-0.1, -0.05) is 18.3 Å². The Morgan fingerprint density at radius 3 is 2.81 bits per heavy atom. The number of rotatable bonds is 3. The SMILES string of the molecule is CC(C)c1nnsc1C(=O)c1cnccn1. The van der Waals surface area contributed by atoms with E-state index in [4.69, 9.17) is 0 Å². The average molecular weight is 234 g/mol. The average Bonchev–Trinajstić information content (AvgIpc) is 2.78. The predicted molar refractivity (Wildman–Crippen MR) is 59.5 cm³/mol. The first-order valence-electron chi connectivity index (χ1n) is 4.83. The Kier molecular flexibility index (Phi) is 3.00. The molecule has 0 aliphatic carbocycles. The molecule has 0 aliphatic rings. The van der Waals surface area contributed by atoms with Gasteiger partial charge >= 0.3 is 0 Å². The molecule has 0 amide bonds. The lowest BCUT2D eigenvalue weighted by molar-refractivity contribution is 0.103. The fourth-order valence-electron chi connectivity index (χ4n) is 1.27. The maximum atomic E-state index is 12.1. The van der Waals surface area contributed by atoms with E-state index < -0.39 is 0 Å². The summed E-state index contributed by atoms with van der Waals surface area (Å²) in [7, 11) is 0. The molecule has 0 spiro atoms.